The topological polar surface area (TPSA) is 105 Å². The van der Waals surface area contributed by atoms with E-state index in [0.29, 0.717) is 17.4 Å². The number of hydrogen-bond acceptors (Lipinski definition) is 5. The largest absolute Gasteiger partial charge is 0.472 e. The minimum absolute atomic E-state index is 0.0483. The summed E-state index contributed by atoms with van der Waals surface area (Å²) in [7, 11) is 1.53. The summed E-state index contributed by atoms with van der Waals surface area (Å²) in [6.45, 7) is 4.69. The van der Waals surface area contributed by atoms with Crippen LogP contribution in [0, 0.1) is 0 Å². The molecule has 0 saturated heterocycles. The molecule has 1 amide bonds. The fourth-order valence-electron chi connectivity index (χ4n) is 5.87. The van der Waals surface area contributed by atoms with Gasteiger partial charge >= 0.3 is 7.82 Å². The quantitative estimate of drug-likeness (QED) is 0.0248. The van der Waals surface area contributed by atoms with Gasteiger partial charge in [-0.3, -0.25) is 13.8 Å². The van der Waals surface area contributed by atoms with Gasteiger partial charge in [0.05, 0.1) is 39.9 Å². The van der Waals surface area contributed by atoms with E-state index >= 15 is 0 Å². The third-order valence-corrected chi connectivity index (χ3v) is 10.4. The molecule has 0 radical (unpaired) electrons. The zero-order valence-corrected chi connectivity index (χ0v) is 37.0. The van der Waals surface area contributed by atoms with Gasteiger partial charge in [0.15, 0.2) is 0 Å². The maximum atomic E-state index is 12.8. The summed E-state index contributed by atoms with van der Waals surface area (Å²) in [5.74, 6) is -0.209. The molecule has 3 unspecified atom stereocenters. The number of unbranched alkanes of at least 4 members (excludes halogenated alkanes) is 18. The van der Waals surface area contributed by atoms with E-state index in [9.17, 15) is 19.4 Å². The number of amides is 1. The molecule has 320 valence electrons. The van der Waals surface area contributed by atoms with Crippen LogP contribution in [0.1, 0.15) is 174 Å². The molecule has 0 aromatic rings. The molecule has 0 aromatic heterocycles. The minimum atomic E-state index is -4.35. The highest BCUT2D eigenvalue weighted by atomic mass is 31.2. The fraction of sp³-hybridized carbons (Fsp3) is 0.761. The first-order chi connectivity index (χ1) is 26.5. The highest BCUT2D eigenvalue weighted by molar-refractivity contribution is 7.47. The van der Waals surface area contributed by atoms with E-state index in [-0.39, 0.29) is 19.1 Å². The lowest BCUT2D eigenvalue weighted by Crippen LogP contribution is -2.45. The Morgan fingerprint density at radius 3 is 1.64 bits per heavy atom. The Kier molecular flexibility index (Phi) is 36.5. The van der Waals surface area contributed by atoms with Gasteiger partial charge in [0.1, 0.15) is 13.2 Å². The summed E-state index contributed by atoms with van der Waals surface area (Å²) < 4.78 is 23.5. The Morgan fingerprint density at radius 1 is 0.618 bits per heavy atom. The zero-order valence-electron chi connectivity index (χ0n) is 36.1. The highest BCUT2D eigenvalue weighted by Gasteiger charge is 2.27. The van der Waals surface area contributed by atoms with Crippen molar-refractivity contribution in [1.29, 1.82) is 0 Å². The molecular weight excluding hydrogens is 707 g/mol. The van der Waals surface area contributed by atoms with E-state index in [2.05, 4.69) is 67.8 Å². The van der Waals surface area contributed by atoms with Crippen LogP contribution in [0.2, 0.25) is 0 Å². The zero-order chi connectivity index (χ0) is 40.7. The van der Waals surface area contributed by atoms with Crippen molar-refractivity contribution in [1.82, 2.24) is 5.32 Å². The highest BCUT2D eigenvalue weighted by Crippen LogP contribution is 2.43. The molecule has 0 bridgehead atoms. The summed E-state index contributed by atoms with van der Waals surface area (Å²) >= 11 is 0. The number of aliphatic hydroxyl groups excluding tert-OH is 1. The maximum absolute atomic E-state index is 12.8. The van der Waals surface area contributed by atoms with Gasteiger partial charge in [-0.15, -0.1) is 0 Å². The third-order valence-electron chi connectivity index (χ3n) is 9.42. The Morgan fingerprint density at radius 2 is 1.09 bits per heavy atom. The molecule has 0 aliphatic rings. The average Bonchev–Trinajstić information content (AvgIpc) is 3.13. The van der Waals surface area contributed by atoms with Gasteiger partial charge in [-0.1, -0.05) is 158 Å². The van der Waals surface area contributed by atoms with Gasteiger partial charge in [-0.2, -0.15) is 0 Å². The molecule has 0 heterocycles. The number of aliphatic hydroxyl groups is 1. The normalized spacial score (nSPS) is 15.0. The summed E-state index contributed by atoms with van der Waals surface area (Å²) in [6.07, 6.45) is 48.7. The van der Waals surface area contributed by atoms with E-state index in [1.54, 1.807) is 6.08 Å². The monoisotopic (exact) mass is 794 g/mol. The van der Waals surface area contributed by atoms with E-state index in [0.717, 1.165) is 77.0 Å². The third kappa shape index (κ3) is 40.2. The first-order valence-corrected chi connectivity index (χ1v) is 23.7. The molecule has 0 fully saturated rings. The molecule has 0 rings (SSSR count). The van der Waals surface area contributed by atoms with Gasteiger partial charge in [-0.05, 0) is 70.6 Å². The summed E-state index contributed by atoms with van der Waals surface area (Å²) in [6, 6.07) is -0.877. The van der Waals surface area contributed by atoms with Crippen LogP contribution in [-0.4, -0.2) is 73.4 Å². The van der Waals surface area contributed by atoms with Gasteiger partial charge in [0.2, 0.25) is 5.91 Å². The molecule has 0 saturated carbocycles. The molecule has 9 heteroatoms. The molecular formula is C46H86N2O6P+. The fourth-order valence-corrected chi connectivity index (χ4v) is 6.61. The van der Waals surface area contributed by atoms with Crippen molar-refractivity contribution in [2.24, 2.45) is 0 Å². The van der Waals surface area contributed by atoms with Gasteiger partial charge in [0.25, 0.3) is 0 Å². The maximum Gasteiger partial charge on any atom is 0.472 e. The molecule has 0 aliphatic heterocycles. The number of allylic oxidation sites excluding steroid dienone is 9. The Bertz CT molecular complexity index is 1080. The number of nitrogens with zero attached hydrogens (tertiary/aromatic N) is 1. The van der Waals surface area contributed by atoms with E-state index in [4.69, 9.17) is 9.05 Å². The summed E-state index contributed by atoms with van der Waals surface area (Å²) in [5, 5.41) is 13.8. The van der Waals surface area contributed by atoms with Gasteiger partial charge in [-0.25, -0.2) is 4.57 Å². The van der Waals surface area contributed by atoms with Gasteiger partial charge < -0.3 is 19.8 Å². The molecule has 3 N–H and O–H groups in total. The molecule has 0 aliphatic carbocycles. The number of phosphoric acid groups is 1. The van der Waals surface area contributed by atoms with Crippen molar-refractivity contribution in [2.75, 3.05) is 40.9 Å². The Labute approximate surface area is 339 Å². The van der Waals surface area contributed by atoms with Gasteiger partial charge in [0, 0.05) is 6.42 Å². The van der Waals surface area contributed by atoms with Crippen molar-refractivity contribution >= 4 is 13.7 Å². The van der Waals surface area contributed by atoms with Crippen LogP contribution >= 0.6 is 7.82 Å². The predicted octanol–water partition coefficient (Wildman–Crippen LogP) is 12.2. The number of carbonyl (C=O) groups is 1. The predicted molar refractivity (Wildman–Crippen MR) is 235 cm³/mol. The van der Waals surface area contributed by atoms with Crippen molar-refractivity contribution in [2.45, 2.75) is 187 Å². The first kappa shape index (κ1) is 53.2. The summed E-state index contributed by atoms with van der Waals surface area (Å²) in [4.78, 5) is 23.1. The minimum Gasteiger partial charge on any atom is -0.387 e. The average molecular weight is 794 g/mol. The molecule has 55 heavy (non-hydrogen) atoms. The first-order valence-electron chi connectivity index (χ1n) is 22.2. The molecule has 8 nitrogen and oxygen atoms in total. The van der Waals surface area contributed by atoms with Crippen molar-refractivity contribution in [3.05, 3.63) is 60.8 Å². The number of quaternary nitrogens is 1. The van der Waals surface area contributed by atoms with Crippen LogP contribution in [0.5, 0.6) is 0 Å². The van der Waals surface area contributed by atoms with Crippen LogP contribution in [-0.2, 0) is 18.4 Å². The Balaban J connectivity index is 4.52. The molecule has 0 spiro atoms. The van der Waals surface area contributed by atoms with Crippen LogP contribution in [0.4, 0.5) is 0 Å². The van der Waals surface area contributed by atoms with Crippen LogP contribution in [0.15, 0.2) is 60.8 Å². The van der Waals surface area contributed by atoms with E-state index in [1.807, 2.05) is 27.2 Å². The number of nitrogens with one attached hydrogen (secondary N) is 1. The van der Waals surface area contributed by atoms with Crippen molar-refractivity contribution in [3.63, 3.8) is 0 Å². The van der Waals surface area contributed by atoms with Crippen LogP contribution in [0.3, 0.4) is 0 Å². The van der Waals surface area contributed by atoms with Crippen LogP contribution < -0.4 is 5.32 Å². The molecule has 0 aromatic carbocycles. The number of phosphoric ester groups is 1. The van der Waals surface area contributed by atoms with Crippen molar-refractivity contribution in [3.8, 4) is 0 Å². The lowest BCUT2D eigenvalue weighted by molar-refractivity contribution is -0.870. The van der Waals surface area contributed by atoms with E-state index in [1.165, 1.54) is 77.0 Å². The number of likely N-dealkylation sites (N-methyl/N-ethyl adjacent to an activating group) is 1. The second-order valence-corrected chi connectivity index (χ2v) is 17.5. The second kappa shape index (κ2) is 37.8. The second-order valence-electron chi connectivity index (χ2n) is 16.0. The van der Waals surface area contributed by atoms with E-state index < -0.39 is 20.0 Å². The Hall–Kier alpha value is -1.80. The lowest BCUT2D eigenvalue weighted by Gasteiger charge is -2.25. The number of hydrogen-bond donors (Lipinski definition) is 3. The number of rotatable bonds is 39. The SMILES string of the molecule is CCC/C=C\C/C=C\CCCCCCCC(=O)NC(COP(=O)(O)OCC[N+](C)(C)C)C(O)/C=C/CC/C=C/CC/C=C/CCCCCCCCCCCC. The summed E-state index contributed by atoms with van der Waals surface area (Å²) in [5.41, 5.74) is 0. The smallest absolute Gasteiger partial charge is 0.387 e. The van der Waals surface area contributed by atoms with Crippen LogP contribution in [0.25, 0.3) is 0 Å². The molecule has 3 atom stereocenters. The van der Waals surface area contributed by atoms with Crippen molar-refractivity contribution < 1.29 is 32.9 Å². The lowest BCUT2D eigenvalue weighted by atomic mass is 10.1. The standard InChI is InChI=1S/C46H85N2O6P/c1-6-8-10-12-14-16-18-20-21-22-23-24-25-26-28-29-31-33-35-37-39-45(49)44(43-54-55(51,52)53-42-41-48(3,4)5)47-46(50)40-38-36-34-32-30-27-19-17-15-13-11-9-7-2/h11,13,17,19,24-25,29,31,37,39,44-45,49H,6-10,12,14-16,18,20-23,26-28,30,32-36,38,40-43H2,1-5H3,(H-,47,50,51,52)/p+1/b13-11-,19-17-,25-24+,31-29+,39-37+. The number of carbonyl (C=O) groups excluding carboxylic acids is 1.